The second-order valence-electron chi connectivity index (χ2n) is 4.69. The topological polar surface area (TPSA) is 70.2 Å². The number of rotatable bonds is 2. The van der Waals surface area contributed by atoms with Gasteiger partial charge >= 0.3 is 0 Å². The molecule has 6 nitrogen and oxygen atoms in total. The van der Waals surface area contributed by atoms with Gasteiger partial charge in [-0.1, -0.05) is 15.9 Å². The number of carbonyl (C=O) groups is 1. The number of hydrogen-bond acceptors (Lipinski definition) is 5. The molecule has 1 amide bonds. The lowest BCUT2D eigenvalue weighted by Gasteiger charge is -2.07. The van der Waals surface area contributed by atoms with Crippen molar-refractivity contribution in [3.8, 4) is 0 Å². The molecule has 4 rings (SSSR count). The van der Waals surface area contributed by atoms with Crippen LogP contribution in [0.3, 0.4) is 0 Å². The lowest BCUT2D eigenvalue weighted by atomic mass is 10.3. The molecule has 0 saturated carbocycles. The van der Waals surface area contributed by atoms with Crippen LogP contribution in [0.2, 0.25) is 0 Å². The lowest BCUT2D eigenvalue weighted by Crippen LogP contribution is -2.38. The summed E-state index contributed by atoms with van der Waals surface area (Å²) in [4.78, 5) is 21.1. The zero-order valence-corrected chi connectivity index (χ0v) is 14.0. The number of nitrogens with one attached hydrogen (secondary N) is 1. The van der Waals surface area contributed by atoms with Gasteiger partial charge in [-0.15, -0.1) is 0 Å². The van der Waals surface area contributed by atoms with Gasteiger partial charge in [-0.05, 0) is 48.2 Å². The van der Waals surface area contributed by atoms with Crippen molar-refractivity contribution >= 4 is 55.7 Å². The van der Waals surface area contributed by atoms with E-state index in [1.54, 1.807) is 24.5 Å². The summed E-state index contributed by atoms with van der Waals surface area (Å²) >= 11 is 4.69. The normalized spacial score (nSPS) is 20.1. The Bertz CT molecular complexity index is 856. The summed E-state index contributed by atoms with van der Waals surface area (Å²) in [5.41, 5.74) is 4.08. The minimum Gasteiger partial charge on any atom is -0.465 e. The molecule has 2 aliphatic heterocycles. The van der Waals surface area contributed by atoms with E-state index in [1.165, 1.54) is 16.8 Å². The van der Waals surface area contributed by atoms with Crippen LogP contribution in [-0.4, -0.2) is 21.3 Å². The van der Waals surface area contributed by atoms with E-state index < -0.39 is 0 Å². The third-order valence-electron chi connectivity index (χ3n) is 3.10. The number of amidine groups is 2. The molecule has 1 saturated heterocycles. The number of benzene rings is 1. The van der Waals surface area contributed by atoms with Gasteiger partial charge in [0.15, 0.2) is 10.3 Å². The van der Waals surface area contributed by atoms with Gasteiger partial charge in [0, 0.05) is 10.5 Å². The molecule has 23 heavy (non-hydrogen) atoms. The van der Waals surface area contributed by atoms with Gasteiger partial charge in [0.25, 0.3) is 5.91 Å². The first-order valence-electron chi connectivity index (χ1n) is 6.66. The summed E-state index contributed by atoms with van der Waals surface area (Å²) in [6.07, 6.45) is 3.16. The fourth-order valence-electron chi connectivity index (χ4n) is 2.06. The average Bonchev–Trinajstić information content (AvgIpc) is 3.23. The van der Waals surface area contributed by atoms with E-state index in [0.29, 0.717) is 21.8 Å². The Balaban J connectivity index is 1.57. The Labute approximate surface area is 144 Å². The summed E-state index contributed by atoms with van der Waals surface area (Å²) in [6, 6.07) is 11.1. The summed E-state index contributed by atoms with van der Waals surface area (Å²) in [5, 5.41) is 2.55. The second-order valence-corrected chi connectivity index (χ2v) is 6.56. The number of nitrogens with zero attached hydrogens (tertiary/aromatic N) is 3. The van der Waals surface area contributed by atoms with Gasteiger partial charge < -0.3 is 4.42 Å². The highest BCUT2D eigenvalue weighted by Gasteiger charge is 2.38. The number of amides is 1. The first-order valence-corrected chi connectivity index (χ1v) is 8.27. The molecule has 8 heteroatoms. The van der Waals surface area contributed by atoms with Crippen molar-refractivity contribution in [2.75, 3.05) is 0 Å². The maximum absolute atomic E-state index is 12.3. The van der Waals surface area contributed by atoms with E-state index in [9.17, 15) is 4.79 Å². The molecular formula is C15H9BrN4O2S. The van der Waals surface area contributed by atoms with Gasteiger partial charge in [0.1, 0.15) is 11.5 Å². The smallest absolute Gasteiger partial charge is 0.297 e. The maximum atomic E-state index is 12.3. The van der Waals surface area contributed by atoms with Crippen LogP contribution >= 0.6 is 27.7 Å². The predicted molar refractivity (Wildman–Crippen MR) is 92.9 cm³/mol. The van der Waals surface area contributed by atoms with Crippen molar-refractivity contribution in [1.29, 1.82) is 0 Å². The summed E-state index contributed by atoms with van der Waals surface area (Å²) in [6.45, 7) is 0. The molecule has 114 valence electrons. The van der Waals surface area contributed by atoms with Crippen molar-refractivity contribution in [2.45, 2.75) is 0 Å². The Morgan fingerprint density at radius 3 is 2.83 bits per heavy atom. The molecule has 1 fully saturated rings. The van der Waals surface area contributed by atoms with E-state index in [-0.39, 0.29) is 5.91 Å². The fourth-order valence-corrected chi connectivity index (χ4v) is 3.15. The van der Waals surface area contributed by atoms with Crippen molar-refractivity contribution in [2.24, 2.45) is 9.98 Å². The molecular weight excluding hydrogens is 380 g/mol. The average molecular weight is 389 g/mol. The van der Waals surface area contributed by atoms with Crippen LogP contribution in [0.1, 0.15) is 5.76 Å². The molecule has 0 aliphatic carbocycles. The van der Waals surface area contributed by atoms with E-state index in [1.807, 2.05) is 24.3 Å². The lowest BCUT2D eigenvalue weighted by molar-refractivity contribution is -0.123. The van der Waals surface area contributed by atoms with Crippen LogP contribution in [0.4, 0.5) is 5.69 Å². The first kappa shape index (κ1) is 14.3. The predicted octanol–water partition coefficient (Wildman–Crippen LogP) is 3.52. The highest BCUT2D eigenvalue weighted by molar-refractivity contribution is 9.10. The third-order valence-corrected chi connectivity index (χ3v) is 4.47. The number of furan rings is 1. The molecule has 1 N–H and O–H groups in total. The van der Waals surface area contributed by atoms with Crippen molar-refractivity contribution < 1.29 is 9.21 Å². The van der Waals surface area contributed by atoms with Crippen LogP contribution in [0, 0.1) is 0 Å². The van der Waals surface area contributed by atoms with Gasteiger partial charge in [-0.25, -0.2) is 9.98 Å². The van der Waals surface area contributed by atoms with Gasteiger partial charge in [-0.2, -0.15) is 5.01 Å². The molecule has 3 heterocycles. The molecule has 0 spiro atoms. The number of aliphatic imine (C=N–C) groups is 2. The minimum atomic E-state index is -0.232. The standard InChI is InChI=1S/C15H9BrN4O2S/c16-9-3-5-10(6-4-9)17-14-19-20-13(21)12(18-15(20)23-14)8-11-2-1-7-22-11/h1-8H,(H,17,19)/b12-8-. The Morgan fingerprint density at radius 2 is 2.13 bits per heavy atom. The molecule has 1 aromatic heterocycles. The highest BCUT2D eigenvalue weighted by Crippen LogP contribution is 2.29. The molecule has 2 aliphatic rings. The van der Waals surface area contributed by atoms with Crippen LogP contribution in [-0.2, 0) is 4.79 Å². The number of thioether (sulfide) groups is 1. The van der Waals surface area contributed by atoms with Crippen molar-refractivity contribution in [3.63, 3.8) is 0 Å². The summed E-state index contributed by atoms with van der Waals surface area (Å²) in [5.74, 6) is 0.359. The fraction of sp³-hybridized carbons (Fsp3) is 0. The Kier molecular flexibility index (Phi) is 3.55. The maximum Gasteiger partial charge on any atom is 0.297 e. The highest BCUT2D eigenvalue weighted by atomic mass is 79.9. The quantitative estimate of drug-likeness (QED) is 0.798. The monoisotopic (exact) mass is 388 g/mol. The molecule has 0 radical (unpaired) electrons. The van der Waals surface area contributed by atoms with Gasteiger partial charge in [-0.3, -0.25) is 10.2 Å². The van der Waals surface area contributed by atoms with Gasteiger partial charge in [0.05, 0.1) is 12.0 Å². The van der Waals surface area contributed by atoms with Crippen LogP contribution in [0.15, 0.2) is 67.2 Å². The molecule has 2 aromatic rings. The number of fused-ring (bicyclic) bond motifs is 1. The Hall–Kier alpha value is -2.32. The summed E-state index contributed by atoms with van der Waals surface area (Å²) in [7, 11) is 0. The minimum absolute atomic E-state index is 0.232. The SMILES string of the molecule is O=C1/C(=C/c2ccco2)N=C2SC(=Nc3ccc(Br)cc3)NN12. The van der Waals surface area contributed by atoms with E-state index in [2.05, 4.69) is 31.3 Å². The second kappa shape index (κ2) is 5.71. The molecule has 1 aromatic carbocycles. The van der Waals surface area contributed by atoms with Crippen molar-refractivity contribution in [1.82, 2.24) is 10.4 Å². The van der Waals surface area contributed by atoms with Gasteiger partial charge in [0.2, 0.25) is 0 Å². The van der Waals surface area contributed by atoms with E-state index >= 15 is 0 Å². The summed E-state index contributed by atoms with van der Waals surface area (Å²) < 4.78 is 6.19. The number of halogens is 1. The molecule has 0 atom stereocenters. The third kappa shape index (κ3) is 2.82. The number of hydrazine groups is 1. The van der Waals surface area contributed by atoms with E-state index in [0.717, 1.165) is 10.2 Å². The zero-order valence-electron chi connectivity index (χ0n) is 11.6. The van der Waals surface area contributed by atoms with Crippen LogP contribution in [0.5, 0.6) is 0 Å². The molecule has 0 bridgehead atoms. The Morgan fingerprint density at radius 1 is 1.30 bits per heavy atom. The zero-order chi connectivity index (χ0) is 15.8. The molecule has 0 unspecified atom stereocenters. The number of carbonyl (C=O) groups excluding carboxylic acids is 1. The van der Waals surface area contributed by atoms with Crippen LogP contribution < -0.4 is 5.43 Å². The van der Waals surface area contributed by atoms with Crippen molar-refractivity contribution in [3.05, 3.63) is 58.6 Å². The van der Waals surface area contributed by atoms with Crippen LogP contribution in [0.25, 0.3) is 6.08 Å². The largest absolute Gasteiger partial charge is 0.465 e. The first-order chi connectivity index (χ1) is 11.2. The van der Waals surface area contributed by atoms with E-state index in [4.69, 9.17) is 4.42 Å². The number of hydrogen-bond donors (Lipinski definition) is 1.